The normalized spacial score (nSPS) is 16.3. The molecule has 0 bridgehead atoms. The summed E-state index contributed by atoms with van der Waals surface area (Å²) in [5.74, 6) is 2.13. The molecule has 1 aliphatic rings. The van der Waals surface area contributed by atoms with Gasteiger partial charge in [-0.15, -0.1) is 0 Å². The van der Waals surface area contributed by atoms with E-state index in [0.29, 0.717) is 19.6 Å². The van der Waals surface area contributed by atoms with Gasteiger partial charge in [0, 0.05) is 13.1 Å². The topological polar surface area (TPSA) is 82.5 Å². The van der Waals surface area contributed by atoms with Crippen LogP contribution < -0.4 is 14.8 Å². The fourth-order valence-electron chi connectivity index (χ4n) is 3.22. The van der Waals surface area contributed by atoms with E-state index in [0.717, 1.165) is 45.7 Å². The van der Waals surface area contributed by atoms with Gasteiger partial charge in [0.25, 0.3) is 5.24 Å². The van der Waals surface area contributed by atoms with Gasteiger partial charge in [-0.05, 0) is 43.2 Å². The summed E-state index contributed by atoms with van der Waals surface area (Å²) in [7, 11) is 1.96. The molecule has 1 unspecified atom stereocenters. The van der Waals surface area contributed by atoms with Crippen LogP contribution in [-0.4, -0.2) is 32.6 Å². The molecule has 0 radical (unpaired) electrons. The highest BCUT2D eigenvalue weighted by Crippen LogP contribution is 2.25. The molecular weight excluding hydrogens is 390 g/mol. The number of rotatable bonds is 7. The van der Waals surface area contributed by atoms with E-state index in [1.807, 2.05) is 61.0 Å². The lowest BCUT2D eigenvalue weighted by Crippen LogP contribution is -2.25. The number of nitrogens with one attached hydrogen (secondary N) is 1. The number of imidazole rings is 1. The van der Waals surface area contributed by atoms with Gasteiger partial charge in [0.2, 0.25) is 5.91 Å². The highest BCUT2D eigenvalue weighted by molar-refractivity contribution is 8.15. The van der Waals surface area contributed by atoms with Crippen LogP contribution in [0.4, 0.5) is 4.79 Å². The third kappa shape index (κ3) is 4.22. The fraction of sp³-hybridized carbons (Fsp3) is 0.286. The molecule has 0 spiro atoms. The quantitative estimate of drug-likeness (QED) is 0.641. The number of fused-ring (bicyclic) bond motifs is 1. The molecule has 4 rings (SSSR count). The Balaban J connectivity index is 1.40. The van der Waals surface area contributed by atoms with Gasteiger partial charge in [-0.25, -0.2) is 4.98 Å². The first-order chi connectivity index (χ1) is 14.0. The van der Waals surface area contributed by atoms with Crippen LogP contribution in [0.15, 0.2) is 42.5 Å². The summed E-state index contributed by atoms with van der Waals surface area (Å²) in [5.41, 5.74) is 2.87. The Morgan fingerprint density at radius 3 is 2.55 bits per heavy atom. The second-order valence-electron chi connectivity index (χ2n) is 6.69. The minimum absolute atomic E-state index is 0.227. The van der Waals surface area contributed by atoms with E-state index in [1.54, 1.807) is 0 Å². The van der Waals surface area contributed by atoms with E-state index < -0.39 is 0 Å². The van der Waals surface area contributed by atoms with Crippen LogP contribution in [0.5, 0.6) is 11.5 Å². The van der Waals surface area contributed by atoms with Gasteiger partial charge >= 0.3 is 0 Å². The predicted molar refractivity (Wildman–Crippen MR) is 111 cm³/mol. The molecule has 1 aromatic heterocycles. The summed E-state index contributed by atoms with van der Waals surface area (Å²) in [6, 6.07) is 13.4. The Bertz CT molecular complexity index is 1060. The highest BCUT2D eigenvalue weighted by atomic mass is 32.2. The number of hydrogen-bond donors (Lipinski definition) is 1. The molecule has 2 heterocycles. The minimum Gasteiger partial charge on any atom is -0.494 e. The number of aromatic nitrogens is 2. The Labute approximate surface area is 172 Å². The van der Waals surface area contributed by atoms with Gasteiger partial charge in [0.1, 0.15) is 23.9 Å². The van der Waals surface area contributed by atoms with Crippen molar-refractivity contribution in [2.45, 2.75) is 25.2 Å². The SMILES string of the molecule is CCOc1ccc2nc(COc3ccc(CC4SC(=O)NC4=O)cc3)n(C)c2c1. The number of nitrogens with zero attached hydrogens (tertiary/aromatic N) is 2. The number of ether oxygens (including phenoxy) is 2. The maximum Gasteiger partial charge on any atom is 0.286 e. The Kier molecular flexibility index (Phi) is 5.44. The molecular formula is C21H21N3O4S. The molecule has 1 aliphatic heterocycles. The van der Waals surface area contributed by atoms with E-state index in [2.05, 4.69) is 10.3 Å². The zero-order valence-electron chi connectivity index (χ0n) is 16.2. The van der Waals surface area contributed by atoms with Crippen LogP contribution in [0.25, 0.3) is 11.0 Å². The molecule has 7 nitrogen and oxygen atoms in total. The average Bonchev–Trinajstić information content (AvgIpc) is 3.19. The molecule has 1 atom stereocenters. The maximum atomic E-state index is 11.7. The van der Waals surface area contributed by atoms with Crippen molar-refractivity contribution in [3.05, 3.63) is 53.9 Å². The van der Waals surface area contributed by atoms with Crippen molar-refractivity contribution in [1.82, 2.24) is 14.9 Å². The number of hydrogen-bond acceptors (Lipinski definition) is 6. The van der Waals surface area contributed by atoms with Crippen molar-refractivity contribution in [1.29, 1.82) is 0 Å². The number of thioether (sulfide) groups is 1. The van der Waals surface area contributed by atoms with Crippen molar-refractivity contribution in [2.24, 2.45) is 7.05 Å². The molecule has 29 heavy (non-hydrogen) atoms. The molecule has 3 aromatic rings. The summed E-state index contributed by atoms with van der Waals surface area (Å²) in [6.07, 6.45) is 0.509. The largest absolute Gasteiger partial charge is 0.494 e. The first-order valence-electron chi connectivity index (χ1n) is 9.35. The molecule has 1 fully saturated rings. The lowest BCUT2D eigenvalue weighted by molar-refractivity contribution is -0.118. The lowest BCUT2D eigenvalue weighted by Gasteiger charge is -2.09. The number of carbonyl (C=O) groups excluding carboxylic acids is 2. The second-order valence-corrected chi connectivity index (χ2v) is 7.87. The summed E-state index contributed by atoms with van der Waals surface area (Å²) in [4.78, 5) is 27.6. The third-order valence-corrected chi connectivity index (χ3v) is 5.72. The zero-order chi connectivity index (χ0) is 20.4. The number of carbonyl (C=O) groups is 2. The van der Waals surface area contributed by atoms with Gasteiger partial charge in [-0.3, -0.25) is 14.9 Å². The number of imide groups is 1. The Morgan fingerprint density at radius 2 is 1.86 bits per heavy atom. The van der Waals surface area contributed by atoms with Gasteiger partial charge < -0.3 is 14.0 Å². The van der Waals surface area contributed by atoms with Gasteiger partial charge in [-0.2, -0.15) is 0 Å². The van der Waals surface area contributed by atoms with Crippen molar-refractivity contribution >= 4 is 33.9 Å². The fourth-order valence-corrected chi connectivity index (χ4v) is 4.08. The molecule has 2 aromatic carbocycles. The van der Waals surface area contributed by atoms with Crippen molar-refractivity contribution in [3.63, 3.8) is 0 Å². The van der Waals surface area contributed by atoms with E-state index in [9.17, 15) is 9.59 Å². The average molecular weight is 411 g/mol. The summed E-state index contributed by atoms with van der Waals surface area (Å²) in [5, 5.41) is 1.66. The van der Waals surface area contributed by atoms with Crippen molar-refractivity contribution in [2.75, 3.05) is 6.61 Å². The van der Waals surface area contributed by atoms with Crippen molar-refractivity contribution < 1.29 is 19.1 Å². The zero-order valence-corrected chi connectivity index (χ0v) is 17.0. The summed E-state index contributed by atoms with van der Waals surface area (Å²) >= 11 is 1.04. The maximum absolute atomic E-state index is 11.7. The van der Waals surface area contributed by atoms with Gasteiger partial charge in [0.15, 0.2) is 0 Å². The monoisotopic (exact) mass is 411 g/mol. The van der Waals surface area contributed by atoms with Crippen LogP contribution in [0, 0.1) is 0 Å². The minimum atomic E-state index is -0.365. The van der Waals surface area contributed by atoms with E-state index in [1.165, 1.54) is 0 Å². The smallest absolute Gasteiger partial charge is 0.286 e. The molecule has 2 amide bonds. The van der Waals surface area contributed by atoms with E-state index in [-0.39, 0.29) is 16.4 Å². The second kappa shape index (κ2) is 8.16. The van der Waals surface area contributed by atoms with E-state index in [4.69, 9.17) is 9.47 Å². The summed E-state index contributed by atoms with van der Waals surface area (Å²) in [6.45, 7) is 2.92. The Morgan fingerprint density at radius 1 is 1.10 bits per heavy atom. The third-order valence-electron chi connectivity index (χ3n) is 4.74. The molecule has 1 saturated heterocycles. The standard InChI is InChI=1S/C21H21N3O4S/c1-3-27-15-8-9-16-17(11-15)24(2)19(22-16)12-28-14-6-4-13(5-7-14)10-18-20(25)23-21(26)29-18/h4-9,11,18H,3,10,12H2,1-2H3,(H,23,25,26). The molecule has 0 saturated carbocycles. The first-order valence-corrected chi connectivity index (χ1v) is 10.2. The summed E-state index contributed by atoms with van der Waals surface area (Å²) < 4.78 is 13.5. The molecule has 0 aliphatic carbocycles. The lowest BCUT2D eigenvalue weighted by atomic mass is 10.1. The molecule has 1 N–H and O–H groups in total. The van der Waals surface area contributed by atoms with Gasteiger partial charge in [0.05, 0.1) is 22.9 Å². The van der Waals surface area contributed by atoms with Crippen LogP contribution >= 0.6 is 11.8 Å². The first kappa shape index (κ1) is 19.3. The number of benzene rings is 2. The van der Waals surface area contributed by atoms with Crippen molar-refractivity contribution in [3.8, 4) is 11.5 Å². The number of aryl methyl sites for hydroxylation is 1. The highest BCUT2D eigenvalue weighted by Gasteiger charge is 2.31. The molecule has 8 heteroatoms. The predicted octanol–water partition coefficient (Wildman–Crippen LogP) is 3.45. The Hall–Kier alpha value is -3.00. The van der Waals surface area contributed by atoms with Crippen LogP contribution in [0.2, 0.25) is 0 Å². The number of amides is 2. The van der Waals surface area contributed by atoms with Crippen LogP contribution in [-0.2, 0) is 24.9 Å². The van der Waals surface area contributed by atoms with E-state index >= 15 is 0 Å². The van der Waals surface area contributed by atoms with Gasteiger partial charge in [-0.1, -0.05) is 23.9 Å². The molecule has 150 valence electrons. The van der Waals surface area contributed by atoms with Crippen LogP contribution in [0.1, 0.15) is 18.3 Å². The van der Waals surface area contributed by atoms with Crippen LogP contribution in [0.3, 0.4) is 0 Å².